The molecule has 1 amide bonds. The molecule has 2 aromatic rings. The summed E-state index contributed by atoms with van der Waals surface area (Å²) in [7, 11) is 1.63. The van der Waals surface area contributed by atoms with E-state index in [4.69, 9.17) is 4.74 Å². The number of amides is 1. The van der Waals surface area contributed by atoms with Crippen LogP contribution in [0.1, 0.15) is 16.7 Å². The molecule has 0 heterocycles. The topological polar surface area (TPSA) is 55.8 Å². The average Bonchev–Trinajstić information content (AvgIpc) is 2.66. The van der Waals surface area contributed by atoms with E-state index in [1.807, 2.05) is 31.2 Å². The van der Waals surface area contributed by atoms with Crippen molar-refractivity contribution in [3.8, 4) is 5.75 Å². The molecule has 7 heteroatoms. The zero-order valence-corrected chi connectivity index (χ0v) is 15.6. The Kier molecular flexibility index (Phi) is 7.68. The first-order chi connectivity index (χ1) is 13.3. The Hall–Kier alpha value is -3.22. The van der Waals surface area contributed by atoms with Gasteiger partial charge in [-0.2, -0.15) is 8.78 Å². The fourth-order valence-corrected chi connectivity index (χ4v) is 2.27. The molecule has 28 heavy (non-hydrogen) atoms. The van der Waals surface area contributed by atoms with Gasteiger partial charge in [-0.1, -0.05) is 42.0 Å². The third-order valence-corrected chi connectivity index (χ3v) is 3.82. The second-order valence-corrected chi connectivity index (χ2v) is 6.12. The van der Waals surface area contributed by atoms with Crippen molar-refractivity contribution in [1.29, 1.82) is 0 Å². The van der Waals surface area contributed by atoms with Crippen LogP contribution in [0.4, 0.5) is 8.78 Å². The number of ether oxygens (including phenoxy) is 2. The fourth-order valence-electron chi connectivity index (χ4n) is 2.27. The molecule has 0 unspecified atom stereocenters. The number of hydrogen-bond donors (Lipinski definition) is 0. The molecule has 0 radical (unpaired) electrons. The number of likely N-dealkylation sites (N-methyl/N-ethyl adjacent to an activating group) is 1. The van der Waals surface area contributed by atoms with Crippen LogP contribution >= 0.6 is 0 Å². The van der Waals surface area contributed by atoms with E-state index in [1.165, 1.54) is 35.2 Å². The maximum absolute atomic E-state index is 12.1. The van der Waals surface area contributed by atoms with Gasteiger partial charge in [-0.05, 0) is 36.3 Å². The molecule has 0 saturated heterocycles. The monoisotopic (exact) mass is 389 g/mol. The van der Waals surface area contributed by atoms with E-state index < -0.39 is 12.6 Å². The maximum atomic E-state index is 12.1. The molecule has 0 saturated carbocycles. The molecule has 2 rings (SSSR count). The molecule has 0 bridgehead atoms. The van der Waals surface area contributed by atoms with E-state index in [0.29, 0.717) is 12.1 Å². The van der Waals surface area contributed by atoms with Gasteiger partial charge in [0.25, 0.3) is 5.91 Å². The van der Waals surface area contributed by atoms with Crippen LogP contribution in [-0.4, -0.2) is 37.0 Å². The lowest BCUT2D eigenvalue weighted by atomic mass is 10.1. The highest BCUT2D eigenvalue weighted by Crippen LogP contribution is 2.15. The number of benzene rings is 2. The van der Waals surface area contributed by atoms with Crippen LogP contribution in [0.5, 0.6) is 5.75 Å². The van der Waals surface area contributed by atoms with Gasteiger partial charge in [0.2, 0.25) is 0 Å². The third-order valence-electron chi connectivity index (χ3n) is 3.82. The summed E-state index contributed by atoms with van der Waals surface area (Å²) in [5.74, 6) is -0.974. The van der Waals surface area contributed by atoms with Gasteiger partial charge < -0.3 is 14.4 Å². The van der Waals surface area contributed by atoms with E-state index in [1.54, 1.807) is 7.05 Å². The summed E-state index contributed by atoms with van der Waals surface area (Å²) in [6.07, 6.45) is 2.62. The van der Waals surface area contributed by atoms with E-state index in [-0.39, 0.29) is 18.3 Å². The van der Waals surface area contributed by atoms with E-state index in [9.17, 15) is 18.4 Å². The second-order valence-electron chi connectivity index (χ2n) is 6.12. The van der Waals surface area contributed by atoms with Gasteiger partial charge in [0, 0.05) is 19.7 Å². The van der Waals surface area contributed by atoms with Gasteiger partial charge in [-0.25, -0.2) is 4.79 Å². The van der Waals surface area contributed by atoms with Crippen molar-refractivity contribution in [2.75, 3.05) is 13.7 Å². The Labute approximate surface area is 162 Å². The van der Waals surface area contributed by atoms with Gasteiger partial charge in [0.1, 0.15) is 5.75 Å². The van der Waals surface area contributed by atoms with Crippen LogP contribution in [0, 0.1) is 6.92 Å². The van der Waals surface area contributed by atoms with E-state index in [2.05, 4.69) is 4.74 Å². The largest absolute Gasteiger partial charge is 0.452 e. The van der Waals surface area contributed by atoms with E-state index in [0.717, 1.165) is 17.2 Å². The highest BCUT2D eigenvalue weighted by atomic mass is 19.3. The van der Waals surface area contributed by atoms with Crippen LogP contribution < -0.4 is 4.74 Å². The number of esters is 1. The summed E-state index contributed by atoms with van der Waals surface area (Å²) in [4.78, 5) is 25.3. The molecule has 0 N–H and O–H groups in total. The quantitative estimate of drug-likeness (QED) is 0.509. The predicted octanol–water partition coefficient (Wildman–Crippen LogP) is 3.81. The van der Waals surface area contributed by atoms with Crippen molar-refractivity contribution in [2.24, 2.45) is 0 Å². The lowest BCUT2D eigenvalue weighted by molar-refractivity contribution is -0.147. The SMILES string of the molecule is Cc1ccc(CN(C)C(=O)COC(=O)/C=C/c2ccc(OC(F)F)cc2)cc1. The molecule has 0 aliphatic rings. The minimum atomic E-state index is -2.89. The number of nitrogens with zero attached hydrogens (tertiary/aromatic N) is 1. The minimum Gasteiger partial charge on any atom is -0.452 e. The predicted molar refractivity (Wildman–Crippen MR) is 101 cm³/mol. The van der Waals surface area contributed by atoms with Crippen molar-refractivity contribution in [3.63, 3.8) is 0 Å². The van der Waals surface area contributed by atoms with Crippen LogP contribution in [0.2, 0.25) is 0 Å². The molecule has 0 aromatic heterocycles. The van der Waals surface area contributed by atoms with Crippen LogP contribution in [-0.2, 0) is 20.9 Å². The number of hydrogen-bond acceptors (Lipinski definition) is 4. The zero-order chi connectivity index (χ0) is 20.5. The average molecular weight is 389 g/mol. The Balaban J connectivity index is 1.78. The molecule has 0 aliphatic carbocycles. The number of halogens is 2. The molecule has 0 atom stereocenters. The number of aryl methyl sites for hydroxylation is 1. The molecule has 0 fully saturated rings. The summed E-state index contributed by atoms with van der Waals surface area (Å²) in [5, 5.41) is 0. The van der Waals surface area contributed by atoms with Crippen molar-refractivity contribution >= 4 is 18.0 Å². The molecular weight excluding hydrogens is 368 g/mol. The smallest absolute Gasteiger partial charge is 0.387 e. The molecule has 0 spiro atoms. The van der Waals surface area contributed by atoms with Gasteiger partial charge in [-0.15, -0.1) is 0 Å². The summed E-state index contributed by atoms with van der Waals surface area (Å²) in [5.41, 5.74) is 2.71. The van der Waals surface area contributed by atoms with Crippen molar-refractivity contribution in [3.05, 3.63) is 71.3 Å². The summed E-state index contributed by atoms with van der Waals surface area (Å²) >= 11 is 0. The fraction of sp³-hybridized carbons (Fsp3) is 0.238. The molecular formula is C21H21F2NO4. The summed E-state index contributed by atoms with van der Waals surface area (Å²) in [6.45, 7) is -0.860. The Morgan fingerprint density at radius 3 is 2.32 bits per heavy atom. The Morgan fingerprint density at radius 1 is 1.07 bits per heavy atom. The third kappa shape index (κ3) is 7.19. The highest BCUT2D eigenvalue weighted by molar-refractivity contribution is 5.89. The zero-order valence-electron chi connectivity index (χ0n) is 15.6. The van der Waals surface area contributed by atoms with Gasteiger partial charge in [0.15, 0.2) is 6.61 Å². The number of alkyl halides is 2. The first kappa shape index (κ1) is 21.1. The first-order valence-electron chi connectivity index (χ1n) is 8.52. The molecule has 2 aromatic carbocycles. The minimum absolute atomic E-state index is 0.0249. The normalized spacial score (nSPS) is 10.9. The van der Waals surface area contributed by atoms with Gasteiger partial charge in [0.05, 0.1) is 0 Å². The number of rotatable bonds is 8. The standard InChI is InChI=1S/C21H21F2NO4/c1-15-3-5-17(6-4-15)13-24(2)19(25)14-27-20(26)12-9-16-7-10-18(11-8-16)28-21(22)23/h3-12,21H,13-14H2,1-2H3/b12-9+. The van der Waals surface area contributed by atoms with Gasteiger partial charge in [-0.3, -0.25) is 4.79 Å². The number of carbonyl (C=O) groups excluding carboxylic acids is 2. The van der Waals surface area contributed by atoms with Crippen molar-refractivity contribution in [2.45, 2.75) is 20.1 Å². The molecule has 5 nitrogen and oxygen atoms in total. The Morgan fingerprint density at radius 2 is 1.71 bits per heavy atom. The number of carbonyl (C=O) groups is 2. The lowest BCUT2D eigenvalue weighted by Crippen LogP contribution is -2.30. The second kappa shape index (κ2) is 10.2. The summed E-state index contributed by atoms with van der Waals surface area (Å²) in [6, 6.07) is 13.6. The molecule has 148 valence electrons. The summed E-state index contributed by atoms with van der Waals surface area (Å²) < 4.78 is 33.4. The van der Waals surface area contributed by atoms with Gasteiger partial charge >= 0.3 is 12.6 Å². The molecule has 0 aliphatic heterocycles. The van der Waals surface area contributed by atoms with Crippen molar-refractivity contribution in [1.82, 2.24) is 4.90 Å². The maximum Gasteiger partial charge on any atom is 0.387 e. The highest BCUT2D eigenvalue weighted by Gasteiger charge is 2.11. The van der Waals surface area contributed by atoms with Crippen LogP contribution in [0.3, 0.4) is 0 Å². The van der Waals surface area contributed by atoms with Crippen LogP contribution in [0.15, 0.2) is 54.6 Å². The Bertz CT molecular complexity index is 817. The van der Waals surface area contributed by atoms with Crippen molar-refractivity contribution < 1.29 is 27.8 Å². The first-order valence-corrected chi connectivity index (χ1v) is 8.52. The van der Waals surface area contributed by atoms with Crippen LogP contribution in [0.25, 0.3) is 6.08 Å². The van der Waals surface area contributed by atoms with E-state index >= 15 is 0 Å². The lowest BCUT2D eigenvalue weighted by Gasteiger charge is -2.17.